The van der Waals surface area contributed by atoms with Crippen molar-refractivity contribution in [3.63, 3.8) is 0 Å². The van der Waals surface area contributed by atoms with E-state index in [1.54, 1.807) is 24.3 Å². The highest BCUT2D eigenvalue weighted by atomic mass is 32.2. The largest absolute Gasteiger partial charge is 0.339 e. The monoisotopic (exact) mass is 496 g/mol. The lowest BCUT2D eigenvalue weighted by molar-refractivity contribution is 0.0977. The quantitative estimate of drug-likeness (QED) is 0.406. The van der Waals surface area contributed by atoms with E-state index in [4.69, 9.17) is 0 Å². The average Bonchev–Trinajstić information content (AvgIpc) is 3.36. The van der Waals surface area contributed by atoms with Gasteiger partial charge in [0.05, 0.1) is 17.9 Å². The van der Waals surface area contributed by atoms with Crippen molar-refractivity contribution in [1.29, 1.82) is 5.26 Å². The Morgan fingerprint density at radius 2 is 1.94 bits per heavy atom. The number of fused-ring (bicyclic) bond motifs is 1. The van der Waals surface area contributed by atoms with Gasteiger partial charge in [0.1, 0.15) is 5.69 Å². The van der Waals surface area contributed by atoms with Crippen molar-refractivity contribution in [3.8, 4) is 6.07 Å². The van der Waals surface area contributed by atoms with Crippen molar-refractivity contribution < 1.29 is 13.2 Å². The van der Waals surface area contributed by atoms with Crippen LogP contribution in [0.2, 0.25) is 0 Å². The minimum absolute atomic E-state index is 0.104. The van der Waals surface area contributed by atoms with Crippen molar-refractivity contribution in [3.05, 3.63) is 81.2 Å². The normalized spacial score (nSPS) is 11.3. The first-order valence-corrected chi connectivity index (χ1v) is 13.5. The highest BCUT2D eigenvalue weighted by Gasteiger charge is 2.22. The fourth-order valence-corrected chi connectivity index (χ4v) is 5.75. The number of thiazole rings is 1. The molecule has 0 spiro atoms. The number of carbonyl (C=O) groups is 1. The maximum absolute atomic E-state index is 12.4. The summed E-state index contributed by atoms with van der Waals surface area (Å²) in [6.07, 6.45) is 0.939. The molecule has 0 aliphatic rings. The standard InChI is InChI=1S/C23H20N4O3S3/c1-15-21(22(28)26-33(2,29)30)25-23(32-15)27(12-16-6-4-3-5-7-16)13-18-14-31-20-10-17(11-24)8-9-19(18)20/h3-10,14H,12-13H2,1-2H3,(H,26,28). The minimum Gasteiger partial charge on any atom is -0.339 e. The summed E-state index contributed by atoms with van der Waals surface area (Å²) in [4.78, 5) is 19.7. The average molecular weight is 497 g/mol. The lowest BCUT2D eigenvalue weighted by Gasteiger charge is -2.22. The molecule has 10 heteroatoms. The van der Waals surface area contributed by atoms with Gasteiger partial charge in [-0.3, -0.25) is 4.79 Å². The molecule has 4 rings (SSSR count). The number of benzene rings is 2. The molecule has 1 N–H and O–H groups in total. The predicted octanol–water partition coefficient (Wildman–Crippen LogP) is 4.43. The van der Waals surface area contributed by atoms with E-state index < -0.39 is 15.9 Å². The zero-order chi connectivity index (χ0) is 23.6. The molecule has 4 aromatic rings. The number of amides is 1. The molecule has 7 nitrogen and oxygen atoms in total. The number of nitrogens with one attached hydrogen (secondary N) is 1. The molecule has 2 aromatic carbocycles. The second-order valence-corrected chi connectivity index (χ2v) is 11.4. The Labute approximate surface area is 200 Å². The molecule has 0 radical (unpaired) electrons. The number of thiophene rings is 1. The van der Waals surface area contributed by atoms with Gasteiger partial charge in [-0.2, -0.15) is 5.26 Å². The molecule has 168 valence electrons. The highest BCUT2D eigenvalue weighted by molar-refractivity contribution is 7.89. The molecule has 0 unspecified atom stereocenters. The number of anilines is 1. The van der Waals surface area contributed by atoms with Gasteiger partial charge in [-0.15, -0.1) is 22.7 Å². The third-order valence-corrected chi connectivity index (χ3v) is 7.49. The number of nitrogens with zero attached hydrogens (tertiary/aromatic N) is 3. The second-order valence-electron chi connectivity index (χ2n) is 7.53. The fraction of sp³-hybridized carbons (Fsp3) is 0.174. The van der Waals surface area contributed by atoms with Gasteiger partial charge in [0.25, 0.3) is 5.91 Å². The Morgan fingerprint density at radius 1 is 1.18 bits per heavy atom. The molecule has 2 heterocycles. The summed E-state index contributed by atoms with van der Waals surface area (Å²) in [5.41, 5.74) is 2.89. The highest BCUT2D eigenvalue weighted by Crippen LogP contribution is 2.32. The van der Waals surface area contributed by atoms with E-state index in [0.29, 0.717) is 28.7 Å². The smallest absolute Gasteiger partial charge is 0.284 e. The zero-order valence-corrected chi connectivity index (χ0v) is 20.4. The minimum atomic E-state index is -3.69. The first-order chi connectivity index (χ1) is 15.7. The number of hydrogen-bond donors (Lipinski definition) is 1. The lowest BCUT2D eigenvalue weighted by atomic mass is 10.1. The van der Waals surface area contributed by atoms with Crippen LogP contribution in [-0.2, 0) is 23.1 Å². The summed E-state index contributed by atoms with van der Waals surface area (Å²) in [6.45, 7) is 2.86. The molecule has 0 aliphatic carbocycles. The molecule has 2 aromatic heterocycles. The van der Waals surface area contributed by atoms with Crippen LogP contribution >= 0.6 is 22.7 Å². The first-order valence-electron chi connectivity index (χ1n) is 9.92. The van der Waals surface area contributed by atoms with Crippen molar-refractivity contribution in [1.82, 2.24) is 9.71 Å². The number of carbonyl (C=O) groups excluding carboxylic acids is 1. The summed E-state index contributed by atoms with van der Waals surface area (Å²) >= 11 is 2.93. The molecule has 0 fully saturated rings. The Balaban J connectivity index is 1.70. The van der Waals surface area contributed by atoms with Crippen LogP contribution < -0.4 is 9.62 Å². The second kappa shape index (κ2) is 9.31. The summed E-state index contributed by atoms with van der Waals surface area (Å²) in [5.74, 6) is -0.734. The van der Waals surface area contributed by atoms with E-state index >= 15 is 0 Å². The molecular formula is C23H20N4O3S3. The third-order valence-electron chi connectivity index (χ3n) is 4.91. The van der Waals surface area contributed by atoms with Gasteiger partial charge < -0.3 is 4.90 Å². The van der Waals surface area contributed by atoms with E-state index in [9.17, 15) is 18.5 Å². The van der Waals surface area contributed by atoms with Crippen molar-refractivity contribution in [2.75, 3.05) is 11.2 Å². The Bertz CT molecular complexity index is 1470. The number of aromatic nitrogens is 1. The number of sulfonamides is 1. The summed E-state index contributed by atoms with van der Waals surface area (Å²) in [5, 5.41) is 12.9. The van der Waals surface area contributed by atoms with E-state index in [1.807, 2.05) is 47.2 Å². The van der Waals surface area contributed by atoms with E-state index in [0.717, 1.165) is 27.5 Å². The predicted molar refractivity (Wildman–Crippen MR) is 132 cm³/mol. The van der Waals surface area contributed by atoms with Crippen molar-refractivity contribution in [2.24, 2.45) is 0 Å². The van der Waals surface area contributed by atoms with Crippen molar-refractivity contribution >= 4 is 53.8 Å². The molecule has 33 heavy (non-hydrogen) atoms. The molecular weight excluding hydrogens is 476 g/mol. The van der Waals surface area contributed by atoms with Gasteiger partial charge >= 0.3 is 0 Å². The van der Waals surface area contributed by atoms with Crippen LogP contribution in [0, 0.1) is 18.3 Å². The van der Waals surface area contributed by atoms with Gasteiger partial charge in [-0.1, -0.05) is 36.4 Å². The summed E-state index contributed by atoms with van der Waals surface area (Å²) < 4.78 is 26.0. The van der Waals surface area contributed by atoms with Crippen LogP contribution in [0.3, 0.4) is 0 Å². The topological polar surface area (TPSA) is 103 Å². The van der Waals surface area contributed by atoms with Gasteiger partial charge in [0.2, 0.25) is 10.0 Å². The van der Waals surface area contributed by atoms with E-state index in [-0.39, 0.29) is 5.69 Å². The number of nitriles is 1. The van der Waals surface area contributed by atoms with Gasteiger partial charge in [0, 0.05) is 22.7 Å². The number of rotatable bonds is 7. The maximum atomic E-state index is 12.4. The number of hydrogen-bond acceptors (Lipinski definition) is 8. The van der Waals surface area contributed by atoms with Crippen LogP contribution in [0.5, 0.6) is 0 Å². The Morgan fingerprint density at radius 3 is 2.64 bits per heavy atom. The molecule has 0 saturated carbocycles. The Hall–Kier alpha value is -3.26. The van der Waals surface area contributed by atoms with Crippen LogP contribution in [-0.4, -0.2) is 25.6 Å². The molecule has 0 saturated heterocycles. The molecule has 0 atom stereocenters. The molecule has 0 bridgehead atoms. The summed E-state index contributed by atoms with van der Waals surface area (Å²) in [6, 6.07) is 17.7. The SMILES string of the molecule is Cc1sc(N(Cc2ccccc2)Cc2csc3cc(C#N)ccc23)nc1C(=O)NS(C)(=O)=O. The maximum Gasteiger partial charge on any atom is 0.284 e. The van der Waals surface area contributed by atoms with Crippen LogP contribution in [0.1, 0.15) is 32.1 Å². The van der Waals surface area contributed by atoms with Crippen LogP contribution in [0.4, 0.5) is 5.13 Å². The van der Waals surface area contributed by atoms with Gasteiger partial charge in [0.15, 0.2) is 5.13 Å². The van der Waals surface area contributed by atoms with E-state index in [2.05, 4.69) is 21.3 Å². The molecule has 0 aliphatic heterocycles. The fourth-order valence-electron chi connectivity index (χ4n) is 3.42. The first kappa shape index (κ1) is 22.9. The van der Waals surface area contributed by atoms with Gasteiger partial charge in [-0.05, 0) is 40.9 Å². The van der Waals surface area contributed by atoms with E-state index in [1.165, 1.54) is 11.3 Å². The van der Waals surface area contributed by atoms with Crippen LogP contribution in [0.15, 0.2) is 53.9 Å². The Kier molecular flexibility index (Phi) is 6.47. The van der Waals surface area contributed by atoms with Crippen molar-refractivity contribution in [2.45, 2.75) is 20.0 Å². The lowest BCUT2D eigenvalue weighted by Crippen LogP contribution is -2.30. The molecule has 1 amide bonds. The number of aryl methyl sites for hydroxylation is 1. The van der Waals surface area contributed by atoms with Crippen LogP contribution in [0.25, 0.3) is 10.1 Å². The zero-order valence-electron chi connectivity index (χ0n) is 17.9. The summed E-state index contributed by atoms with van der Waals surface area (Å²) in [7, 11) is -3.69. The third kappa shape index (κ3) is 5.39. The van der Waals surface area contributed by atoms with Gasteiger partial charge in [-0.25, -0.2) is 18.1 Å².